The van der Waals surface area contributed by atoms with Crippen molar-refractivity contribution in [3.8, 4) is 77.9 Å². The third-order valence-corrected chi connectivity index (χ3v) is 17.8. The molecule has 0 saturated heterocycles. The molecule has 0 N–H and O–H groups in total. The summed E-state index contributed by atoms with van der Waals surface area (Å²) in [6.07, 6.45) is 0. The molecule has 0 bridgehead atoms. The lowest BCUT2D eigenvalue weighted by molar-refractivity contribution is 0.660. The summed E-state index contributed by atoms with van der Waals surface area (Å²) in [5.74, 6) is 0. The van der Waals surface area contributed by atoms with Gasteiger partial charge < -0.3 is 0 Å². The molecular weight excluding hydrogens is 877 g/mol. The maximum Gasteiger partial charge on any atom is 0.0159 e. The summed E-state index contributed by atoms with van der Waals surface area (Å²) in [4.78, 5) is 0. The second-order valence-electron chi connectivity index (χ2n) is 22.7. The van der Waals surface area contributed by atoms with E-state index >= 15 is 0 Å². The van der Waals surface area contributed by atoms with Crippen molar-refractivity contribution in [3.63, 3.8) is 0 Å². The normalized spacial score (nSPS) is 15.0. The molecule has 0 saturated carbocycles. The SMILES string of the molecule is CC1(C)c2ccccc2-c2ccc(-c3c4ccc(-c5c6ccccc6c(-c6ccccc6)c6ccccc56)cc4c(-c4ccc5c(c4)C(C)(C)c4ccccc4-5)c4cc5c(cc34)-c3ccccc3C5(C)C)cc21. The number of rotatable bonds is 4. The molecule has 3 aliphatic rings. The van der Waals surface area contributed by atoms with Gasteiger partial charge in [-0.25, -0.2) is 0 Å². The van der Waals surface area contributed by atoms with Gasteiger partial charge in [0.2, 0.25) is 0 Å². The Morgan fingerprint density at radius 1 is 0.192 bits per heavy atom. The van der Waals surface area contributed by atoms with Crippen LogP contribution in [0.3, 0.4) is 0 Å². The van der Waals surface area contributed by atoms with Crippen LogP contribution in [0.15, 0.2) is 218 Å². The smallest absolute Gasteiger partial charge is 0.0159 e. The first kappa shape index (κ1) is 42.4. The number of fused-ring (bicyclic) bond motifs is 13. The molecule has 0 amide bonds. The van der Waals surface area contributed by atoms with Crippen molar-refractivity contribution in [2.45, 2.75) is 57.8 Å². The Morgan fingerprint density at radius 3 is 1.01 bits per heavy atom. The van der Waals surface area contributed by atoms with Gasteiger partial charge in [-0.15, -0.1) is 0 Å². The topological polar surface area (TPSA) is 0 Å². The van der Waals surface area contributed by atoms with Crippen LogP contribution in [-0.2, 0) is 16.2 Å². The van der Waals surface area contributed by atoms with Crippen LogP contribution in [0.2, 0.25) is 0 Å². The van der Waals surface area contributed by atoms with Crippen molar-refractivity contribution in [2.75, 3.05) is 0 Å². The van der Waals surface area contributed by atoms with E-state index in [1.165, 1.54) is 154 Å². The molecule has 15 rings (SSSR count). The maximum absolute atomic E-state index is 2.61. The predicted octanol–water partition coefficient (Wildman–Crippen LogP) is 19.9. The first-order chi connectivity index (χ1) is 35.5. The molecule has 0 radical (unpaired) electrons. The quantitative estimate of drug-likeness (QED) is 0.154. The van der Waals surface area contributed by atoms with Crippen molar-refractivity contribution in [1.29, 1.82) is 0 Å². The molecule has 12 aromatic rings. The van der Waals surface area contributed by atoms with Crippen LogP contribution >= 0.6 is 0 Å². The second-order valence-corrected chi connectivity index (χ2v) is 22.7. The zero-order chi connectivity index (χ0) is 49.1. The minimum atomic E-state index is -0.183. The average molecular weight is 931 g/mol. The first-order valence-electron chi connectivity index (χ1n) is 26.2. The van der Waals surface area contributed by atoms with Crippen molar-refractivity contribution < 1.29 is 0 Å². The van der Waals surface area contributed by atoms with E-state index < -0.39 is 0 Å². The standard InChI is InChI=1S/C73H54/c1-71(2)61-29-17-14-22-47(61)50-35-32-45(39-64(50)71)69-56-37-34-44(68-54-27-12-10-25-52(54)67(43-20-8-7-9-21-43)53-26-11-13-28-55(53)68)38-58(56)70(46-33-36-51-48-23-15-18-30-62(48)72(3,4)65(51)40-46)60-42-66-57(41-59(60)69)49-24-16-19-31-63(49)73(66,5)6/h7-42H,1-6H3. The Labute approximate surface area is 428 Å². The van der Waals surface area contributed by atoms with Crippen LogP contribution in [0.25, 0.3) is 121 Å². The van der Waals surface area contributed by atoms with Crippen molar-refractivity contribution in [3.05, 3.63) is 252 Å². The van der Waals surface area contributed by atoms with E-state index in [2.05, 4.69) is 260 Å². The van der Waals surface area contributed by atoms with Crippen molar-refractivity contribution in [1.82, 2.24) is 0 Å². The number of benzene rings is 12. The summed E-state index contributed by atoms with van der Waals surface area (Å²) in [6, 6.07) is 83.7. The Hall–Kier alpha value is -8.32. The number of hydrogen-bond acceptors (Lipinski definition) is 0. The van der Waals surface area contributed by atoms with E-state index in [0.29, 0.717) is 0 Å². The van der Waals surface area contributed by atoms with Crippen LogP contribution in [0, 0.1) is 0 Å². The van der Waals surface area contributed by atoms with E-state index in [0.717, 1.165) is 0 Å². The molecule has 0 unspecified atom stereocenters. The molecule has 0 aliphatic heterocycles. The molecule has 346 valence electrons. The van der Waals surface area contributed by atoms with Gasteiger partial charge in [-0.1, -0.05) is 230 Å². The highest BCUT2D eigenvalue weighted by molar-refractivity contribution is 6.26. The molecule has 0 nitrogen and oxygen atoms in total. The van der Waals surface area contributed by atoms with Crippen LogP contribution in [-0.4, -0.2) is 0 Å². The van der Waals surface area contributed by atoms with Crippen LogP contribution in [0.5, 0.6) is 0 Å². The summed E-state index contributed by atoms with van der Waals surface area (Å²) in [7, 11) is 0. The molecule has 0 atom stereocenters. The van der Waals surface area contributed by atoms with Crippen LogP contribution in [0.4, 0.5) is 0 Å². The zero-order valence-corrected chi connectivity index (χ0v) is 42.3. The molecule has 0 spiro atoms. The molecule has 0 heterocycles. The van der Waals surface area contributed by atoms with E-state index in [9.17, 15) is 0 Å². The zero-order valence-electron chi connectivity index (χ0n) is 42.3. The summed E-state index contributed by atoms with van der Waals surface area (Å²) >= 11 is 0. The van der Waals surface area contributed by atoms with Crippen molar-refractivity contribution >= 4 is 43.1 Å². The van der Waals surface area contributed by atoms with E-state index in [1.807, 2.05) is 0 Å². The highest BCUT2D eigenvalue weighted by Gasteiger charge is 2.39. The lowest BCUT2D eigenvalue weighted by Gasteiger charge is -2.26. The molecular formula is C73H54. The molecule has 0 fully saturated rings. The average Bonchev–Trinajstić information content (AvgIpc) is 3.90. The highest BCUT2D eigenvalue weighted by Crippen LogP contribution is 2.57. The Morgan fingerprint density at radius 2 is 0.507 bits per heavy atom. The third-order valence-electron chi connectivity index (χ3n) is 17.8. The number of hydrogen-bond donors (Lipinski definition) is 0. The van der Waals surface area contributed by atoms with Gasteiger partial charge in [0.05, 0.1) is 0 Å². The van der Waals surface area contributed by atoms with Crippen LogP contribution in [0.1, 0.15) is 74.9 Å². The second kappa shape index (κ2) is 14.9. The fourth-order valence-corrected chi connectivity index (χ4v) is 14.3. The fourth-order valence-electron chi connectivity index (χ4n) is 14.3. The lowest BCUT2D eigenvalue weighted by atomic mass is 9.77. The van der Waals surface area contributed by atoms with Gasteiger partial charge >= 0.3 is 0 Å². The minimum Gasteiger partial charge on any atom is -0.0622 e. The van der Waals surface area contributed by atoms with Crippen LogP contribution < -0.4 is 0 Å². The minimum absolute atomic E-state index is 0.145. The van der Waals surface area contributed by atoms with Gasteiger partial charge in [0, 0.05) is 16.2 Å². The largest absolute Gasteiger partial charge is 0.0622 e. The summed E-state index contributed by atoms with van der Waals surface area (Å²) in [5.41, 5.74) is 26.0. The fraction of sp³-hybridized carbons (Fsp3) is 0.123. The van der Waals surface area contributed by atoms with Gasteiger partial charge in [-0.3, -0.25) is 0 Å². The van der Waals surface area contributed by atoms with Gasteiger partial charge in [0.15, 0.2) is 0 Å². The van der Waals surface area contributed by atoms with Gasteiger partial charge in [0.1, 0.15) is 0 Å². The third kappa shape index (κ3) is 5.73. The molecule has 0 heteroatoms. The Balaban J connectivity index is 1.10. The monoisotopic (exact) mass is 930 g/mol. The molecule has 12 aromatic carbocycles. The molecule has 73 heavy (non-hydrogen) atoms. The Kier molecular flexibility index (Phi) is 8.63. The Bertz CT molecular complexity index is 4330. The summed E-state index contributed by atoms with van der Waals surface area (Å²) in [6.45, 7) is 14.5. The van der Waals surface area contributed by atoms with Gasteiger partial charge in [-0.2, -0.15) is 0 Å². The van der Waals surface area contributed by atoms with Gasteiger partial charge in [0.25, 0.3) is 0 Å². The van der Waals surface area contributed by atoms with E-state index in [-0.39, 0.29) is 16.2 Å². The summed E-state index contributed by atoms with van der Waals surface area (Å²) in [5, 5.41) is 10.2. The van der Waals surface area contributed by atoms with Crippen molar-refractivity contribution in [2.24, 2.45) is 0 Å². The first-order valence-corrected chi connectivity index (χ1v) is 26.2. The lowest BCUT2D eigenvalue weighted by Crippen LogP contribution is -2.15. The summed E-state index contributed by atoms with van der Waals surface area (Å²) < 4.78 is 0. The van der Waals surface area contributed by atoms with E-state index in [4.69, 9.17) is 0 Å². The van der Waals surface area contributed by atoms with Gasteiger partial charge in [-0.05, 0) is 185 Å². The molecule has 0 aromatic heterocycles. The maximum atomic E-state index is 2.61. The predicted molar refractivity (Wildman–Crippen MR) is 311 cm³/mol. The molecule has 3 aliphatic carbocycles. The van der Waals surface area contributed by atoms with E-state index in [1.54, 1.807) is 0 Å². The highest BCUT2D eigenvalue weighted by atomic mass is 14.4.